The van der Waals surface area contributed by atoms with Gasteiger partial charge in [0, 0.05) is 0 Å². The van der Waals surface area contributed by atoms with Crippen LogP contribution < -0.4 is 5.32 Å². The van der Waals surface area contributed by atoms with Crippen molar-refractivity contribution in [3.05, 3.63) is 35.9 Å². The predicted molar refractivity (Wildman–Crippen MR) is 80.3 cm³/mol. The second-order valence-corrected chi connectivity index (χ2v) is 5.07. The fraction of sp³-hybridized carbons (Fsp3) is 0.500. The lowest BCUT2D eigenvalue weighted by Crippen LogP contribution is -2.42. The number of unbranched alkanes of at least 4 members (excludes halogenated alkanes) is 1. The number of carboxylic acids is 1. The van der Waals surface area contributed by atoms with Gasteiger partial charge in [0.1, 0.15) is 6.04 Å². The van der Waals surface area contributed by atoms with Gasteiger partial charge in [-0.2, -0.15) is 0 Å². The lowest BCUT2D eigenvalue weighted by atomic mass is 9.94. The zero-order valence-electron chi connectivity index (χ0n) is 12.5. The quantitative estimate of drug-likeness (QED) is 0.722. The van der Waals surface area contributed by atoms with Gasteiger partial charge in [0.15, 0.2) is 0 Å². The zero-order chi connectivity index (χ0) is 15.7. The number of nitrogens with one attached hydrogen (secondary N) is 1. The highest BCUT2D eigenvalue weighted by Crippen LogP contribution is 2.20. The zero-order valence-corrected chi connectivity index (χ0v) is 12.5. The smallest absolute Gasteiger partial charge is 0.407 e. The van der Waals surface area contributed by atoms with Gasteiger partial charge in [-0.3, -0.25) is 0 Å². The van der Waals surface area contributed by atoms with Crippen LogP contribution >= 0.6 is 0 Å². The van der Waals surface area contributed by atoms with Crippen LogP contribution in [-0.2, 0) is 9.53 Å². The summed E-state index contributed by atoms with van der Waals surface area (Å²) < 4.78 is 4.94. The molecule has 2 unspecified atom stereocenters. The molecule has 0 saturated heterocycles. The SMILES string of the molecule is CCCCOC(=O)NC(CC(C)c1ccccc1)C(=O)O. The molecule has 0 aliphatic carbocycles. The van der Waals surface area contributed by atoms with Gasteiger partial charge in [-0.25, -0.2) is 9.59 Å². The number of carbonyl (C=O) groups is 2. The van der Waals surface area contributed by atoms with Gasteiger partial charge in [-0.1, -0.05) is 50.6 Å². The Balaban J connectivity index is 2.54. The Kier molecular flexibility index (Phi) is 7.29. The summed E-state index contributed by atoms with van der Waals surface area (Å²) in [6, 6.07) is 8.68. The topological polar surface area (TPSA) is 75.6 Å². The first-order valence-electron chi connectivity index (χ1n) is 7.25. The van der Waals surface area contributed by atoms with Crippen molar-refractivity contribution in [1.82, 2.24) is 5.32 Å². The molecule has 2 N–H and O–H groups in total. The monoisotopic (exact) mass is 293 g/mol. The molecule has 5 heteroatoms. The maximum Gasteiger partial charge on any atom is 0.407 e. The highest BCUT2D eigenvalue weighted by molar-refractivity contribution is 5.79. The Morgan fingerprint density at radius 1 is 1.29 bits per heavy atom. The average Bonchev–Trinajstić information content (AvgIpc) is 2.47. The first kappa shape index (κ1) is 17.0. The second kappa shape index (κ2) is 9.00. The molecule has 0 bridgehead atoms. The highest BCUT2D eigenvalue weighted by Gasteiger charge is 2.23. The standard InChI is InChI=1S/C16H23NO4/c1-3-4-10-21-16(20)17-14(15(18)19)11-12(2)13-8-6-5-7-9-13/h5-9,12,14H,3-4,10-11H2,1-2H3,(H,17,20)(H,18,19). The maximum absolute atomic E-state index is 11.6. The van der Waals surface area contributed by atoms with E-state index in [2.05, 4.69) is 5.32 Å². The van der Waals surface area contributed by atoms with E-state index in [0.717, 1.165) is 18.4 Å². The molecular formula is C16H23NO4. The summed E-state index contributed by atoms with van der Waals surface area (Å²) in [6.45, 7) is 4.24. The molecule has 0 radical (unpaired) electrons. The molecule has 1 amide bonds. The van der Waals surface area contributed by atoms with Crippen LogP contribution in [0.2, 0.25) is 0 Å². The van der Waals surface area contributed by atoms with Crippen LogP contribution in [0.3, 0.4) is 0 Å². The van der Waals surface area contributed by atoms with Crippen molar-refractivity contribution in [1.29, 1.82) is 0 Å². The first-order valence-corrected chi connectivity index (χ1v) is 7.25. The third-order valence-electron chi connectivity index (χ3n) is 3.28. The minimum Gasteiger partial charge on any atom is -0.480 e. The Morgan fingerprint density at radius 3 is 2.52 bits per heavy atom. The van der Waals surface area contributed by atoms with Gasteiger partial charge in [-0.05, 0) is 24.3 Å². The van der Waals surface area contributed by atoms with Crippen molar-refractivity contribution < 1.29 is 19.4 Å². The van der Waals surface area contributed by atoms with Gasteiger partial charge in [0.2, 0.25) is 0 Å². The number of carbonyl (C=O) groups excluding carboxylic acids is 1. The number of carboxylic acid groups (broad SMARTS) is 1. The minimum absolute atomic E-state index is 0.0308. The average molecular weight is 293 g/mol. The number of rotatable bonds is 8. The first-order chi connectivity index (χ1) is 10.0. The number of aliphatic carboxylic acids is 1. The van der Waals surface area contributed by atoms with Crippen molar-refractivity contribution in [3.63, 3.8) is 0 Å². The highest BCUT2D eigenvalue weighted by atomic mass is 16.5. The molecule has 0 aliphatic rings. The molecule has 5 nitrogen and oxygen atoms in total. The molecule has 0 heterocycles. The van der Waals surface area contributed by atoms with E-state index >= 15 is 0 Å². The lowest BCUT2D eigenvalue weighted by Gasteiger charge is -2.19. The lowest BCUT2D eigenvalue weighted by molar-refractivity contribution is -0.139. The number of amides is 1. The Labute approximate surface area is 125 Å². The molecule has 2 atom stereocenters. The number of alkyl carbamates (subject to hydrolysis) is 1. The number of ether oxygens (including phenoxy) is 1. The van der Waals surface area contributed by atoms with E-state index in [1.54, 1.807) is 0 Å². The third kappa shape index (κ3) is 6.29. The predicted octanol–water partition coefficient (Wildman–Crippen LogP) is 3.16. The van der Waals surface area contributed by atoms with Crippen LogP contribution in [-0.4, -0.2) is 29.8 Å². The van der Waals surface area contributed by atoms with Crippen molar-refractivity contribution in [2.24, 2.45) is 0 Å². The number of hydrogen-bond donors (Lipinski definition) is 2. The molecule has 21 heavy (non-hydrogen) atoms. The molecule has 116 valence electrons. The van der Waals surface area contributed by atoms with E-state index in [0.29, 0.717) is 13.0 Å². The summed E-state index contributed by atoms with van der Waals surface area (Å²) in [5.41, 5.74) is 1.05. The van der Waals surface area contributed by atoms with E-state index in [1.807, 2.05) is 44.2 Å². The van der Waals surface area contributed by atoms with Gasteiger partial charge in [-0.15, -0.1) is 0 Å². The van der Waals surface area contributed by atoms with Gasteiger partial charge < -0.3 is 15.2 Å². The fourth-order valence-corrected chi connectivity index (χ4v) is 1.99. The minimum atomic E-state index is -1.05. The van der Waals surface area contributed by atoms with Gasteiger partial charge in [0.05, 0.1) is 6.61 Å². The molecule has 1 aromatic carbocycles. The van der Waals surface area contributed by atoms with Crippen LogP contribution in [0.1, 0.15) is 44.6 Å². The third-order valence-corrected chi connectivity index (χ3v) is 3.28. The van der Waals surface area contributed by atoms with E-state index in [4.69, 9.17) is 4.74 Å². The van der Waals surface area contributed by atoms with Crippen molar-refractivity contribution in [2.45, 2.75) is 45.1 Å². The molecule has 0 fully saturated rings. The van der Waals surface area contributed by atoms with Crippen molar-refractivity contribution in [2.75, 3.05) is 6.61 Å². The fourth-order valence-electron chi connectivity index (χ4n) is 1.99. The van der Waals surface area contributed by atoms with E-state index in [-0.39, 0.29) is 5.92 Å². The van der Waals surface area contributed by atoms with E-state index in [1.165, 1.54) is 0 Å². The van der Waals surface area contributed by atoms with Crippen LogP contribution in [0.5, 0.6) is 0 Å². The van der Waals surface area contributed by atoms with Crippen LogP contribution in [0.25, 0.3) is 0 Å². The Bertz CT molecular complexity index is 447. The molecular weight excluding hydrogens is 270 g/mol. The molecule has 0 spiro atoms. The summed E-state index contributed by atoms with van der Waals surface area (Å²) in [7, 11) is 0. The van der Waals surface area contributed by atoms with Gasteiger partial charge >= 0.3 is 12.1 Å². The molecule has 0 aromatic heterocycles. The van der Waals surface area contributed by atoms with E-state index < -0.39 is 18.1 Å². The van der Waals surface area contributed by atoms with Crippen molar-refractivity contribution in [3.8, 4) is 0 Å². The van der Waals surface area contributed by atoms with Crippen LogP contribution in [0.4, 0.5) is 4.79 Å². The summed E-state index contributed by atoms with van der Waals surface area (Å²) in [4.78, 5) is 22.8. The second-order valence-electron chi connectivity index (χ2n) is 5.07. The Hall–Kier alpha value is -2.04. The number of hydrogen-bond acceptors (Lipinski definition) is 3. The molecule has 0 aliphatic heterocycles. The summed E-state index contributed by atoms with van der Waals surface area (Å²) in [5, 5.41) is 11.6. The van der Waals surface area contributed by atoms with Gasteiger partial charge in [0.25, 0.3) is 0 Å². The largest absolute Gasteiger partial charge is 0.480 e. The number of benzene rings is 1. The van der Waals surface area contributed by atoms with Crippen LogP contribution in [0.15, 0.2) is 30.3 Å². The molecule has 0 saturated carbocycles. The molecule has 1 aromatic rings. The maximum atomic E-state index is 11.6. The van der Waals surface area contributed by atoms with Crippen molar-refractivity contribution >= 4 is 12.1 Å². The normalized spacial score (nSPS) is 13.2. The summed E-state index contributed by atoms with van der Waals surface area (Å²) in [6.07, 6.45) is 1.34. The summed E-state index contributed by atoms with van der Waals surface area (Å²) in [5.74, 6) is -1.02. The summed E-state index contributed by atoms with van der Waals surface area (Å²) >= 11 is 0. The molecule has 1 rings (SSSR count). The van der Waals surface area contributed by atoms with Crippen LogP contribution in [0, 0.1) is 0 Å². The van der Waals surface area contributed by atoms with E-state index in [9.17, 15) is 14.7 Å². The Morgan fingerprint density at radius 2 is 1.95 bits per heavy atom.